The topological polar surface area (TPSA) is 101 Å². The molecule has 8 heteroatoms. The predicted molar refractivity (Wildman–Crippen MR) is 102 cm³/mol. The summed E-state index contributed by atoms with van der Waals surface area (Å²) in [7, 11) is 1.58. The Morgan fingerprint density at radius 2 is 2.00 bits per heavy atom. The molecule has 0 unspecified atom stereocenters. The van der Waals surface area contributed by atoms with Gasteiger partial charge >= 0.3 is 0 Å². The van der Waals surface area contributed by atoms with Crippen molar-refractivity contribution in [3.8, 4) is 11.4 Å². The van der Waals surface area contributed by atoms with E-state index in [0.29, 0.717) is 34.0 Å². The van der Waals surface area contributed by atoms with E-state index < -0.39 is 5.91 Å². The van der Waals surface area contributed by atoms with Crippen LogP contribution in [0.2, 0.25) is 0 Å². The van der Waals surface area contributed by atoms with Crippen molar-refractivity contribution < 1.29 is 9.53 Å². The van der Waals surface area contributed by atoms with Gasteiger partial charge in [-0.05, 0) is 50.2 Å². The average molecular weight is 365 g/mol. The molecule has 2 heterocycles. The molecule has 0 fully saturated rings. The number of benzene rings is 1. The fraction of sp³-hybridized carbons (Fsp3) is 0.158. The Hall–Kier alpha value is -3.68. The molecule has 27 heavy (non-hydrogen) atoms. The third kappa shape index (κ3) is 3.79. The number of aryl methyl sites for hydroxylation is 1. The molecule has 2 N–H and O–H groups in total. The van der Waals surface area contributed by atoms with E-state index in [9.17, 15) is 9.59 Å². The average Bonchev–Trinajstić information content (AvgIpc) is 3.00. The molecule has 0 atom stereocenters. The highest BCUT2D eigenvalue weighted by atomic mass is 16.5. The summed E-state index contributed by atoms with van der Waals surface area (Å²) in [6.45, 7) is 3.44. The highest BCUT2D eigenvalue weighted by molar-refractivity contribution is 6.01. The Bertz CT molecular complexity index is 1030. The fourth-order valence-corrected chi connectivity index (χ4v) is 2.64. The van der Waals surface area contributed by atoms with Gasteiger partial charge in [-0.15, -0.1) is 0 Å². The second kappa shape index (κ2) is 7.69. The van der Waals surface area contributed by atoms with Crippen LogP contribution in [0.3, 0.4) is 0 Å². The van der Waals surface area contributed by atoms with Crippen LogP contribution in [0.5, 0.6) is 5.75 Å². The van der Waals surface area contributed by atoms with E-state index in [1.165, 1.54) is 10.9 Å². The summed E-state index contributed by atoms with van der Waals surface area (Å²) < 4.78 is 6.55. The molecule has 1 amide bonds. The van der Waals surface area contributed by atoms with Crippen molar-refractivity contribution in [2.75, 3.05) is 7.11 Å². The van der Waals surface area contributed by atoms with E-state index in [1.54, 1.807) is 63.6 Å². The highest BCUT2D eigenvalue weighted by Crippen LogP contribution is 2.14. The number of methoxy groups -OCH3 is 1. The zero-order chi connectivity index (χ0) is 19.4. The van der Waals surface area contributed by atoms with E-state index in [2.05, 4.69) is 20.6 Å². The molecule has 3 rings (SSSR count). The minimum absolute atomic E-state index is 0.255. The van der Waals surface area contributed by atoms with E-state index in [-0.39, 0.29) is 5.56 Å². The first-order valence-electron chi connectivity index (χ1n) is 8.22. The number of amides is 1. The normalized spacial score (nSPS) is 11.3. The number of pyridine rings is 1. The number of hydrogen-bond acceptors (Lipinski definition) is 5. The third-order valence-electron chi connectivity index (χ3n) is 4.01. The van der Waals surface area contributed by atoms with Crippen molar-refractivity contribution in [2.24, 2.45) is 5.10 Å². The van der Waals surface area contributed by atoms with Crippen molar-refractivity contribution in [1.29, 1.82) is 0 Å². The van der Waals surface area contributed by atoms with Crippen LogP contribution in [0, 0.1) is 6.92 Å². The van der Waals surface area contributed by atoms with E-state index in [0.717, 1.165) is 0 Å². The molecule has 0 saturated heterocycles. The number of carbonyl (C=O) groups is 1. The number of ether oxygens (including phenoxy) is 1. The van der Waals surface area contributed by atoms with Crippen molar-refractivity contribution in [3.05, 3.63) is 76.0 Å². The van der Waals surface area contributed by atoms with Gasteiger partial charge in [-0.2, -0.15) is 5.10 Å². The number of aromatic nitrogens is 3. The SMILES string of the molecule is COc1ccc(-n2[nH]c(C)c(/C(C)=N\NC(=O)c3cccnc3)c2=O)cc1. The zero-order valence-corrected chi connectivity index (χ0v) is 15.2. The molecular formula is C19H19N5O3. The summed E-state index contributed by atoms with van der Waals surface area (Å²) in [5.74, 6) is 0.303. The van der Waals surface area contributed by atoms with Crippen molar-refractivity contribution >= 4 is 11.6 Å². The minimum atomic E-state index is -0.397. The molecule has 2 aromatic heterocycles. The molecule has 0 spiro atoms. The van der Waals surface area contributed by atoms with Crippen LogP contribution in [0.1, 0.15) is 28.5 Å². The second-order valence-electron chi connectivity index (χ2n) is 5.83. The number of carbonyl (C=O) groups excluding carboxylic acids is 1. The largest absolute Gasteiger partial charge is 0.497 e. The molecule has 0 bridgehead atoms. The Kier molecular flexibility index (Phi) is 5.16. The smallest absolute Gasteiger partial charge is 0.280 e. The van der Waals surface area contributed by atoms with Crippen LogP contribution in [0.25, 0.3) is 5.69 Å². The highest BCUT2D eigenvalue weighted by Gasteiger charge is 2.15. The lowest BCUT2D eigenvalue weighted by Crippen LogP contribution is -2.23. The summed E-state index contributed by atoms with van der Waals surface area (Å²) >= 11 is 0. The molecule has 8 nitrogen and oxygen atoms in total. The lowest BCUT2D eigenvalue weighted by Gasteiger charge is -2.03. The first-order chi connectivity index (χ1) is 13.0. The Morgan fingerprint density at radius 1 is 1.26 bits per heavy atom. The van der Waals surface area contributed by atoms with Gasteiger partial charge in [0.25, 0.3) is 11.5 Å². The Balaban J connectivity index is 1.87. The molecule has 0 aliphatic rings. The van der Waals surface area contributed by atoms with E-state index >= 15 is 0 Å². The molecular weight excluding hydrogens is 346 g/mol. The van der Waals surface area contributed by atoms with Crippen LogP contribution in [-0.2, 0) is 0 Å². The molecule has 0 saturated carbocycles. The number of nitrogens with zero attached hydrogens (tertiary/aromatic N) is 3. The predicted octanol–water partition coefficient (Wildman–Crippen LogP) is 2.03. The van der Waals surface area contributed by atoms with Gasteiger partial charge in [-0.25, -0.2) is 10.1 Å². The molecule has 3 aromatic rings. The Labute approximate surface area is 155 Å². The van der Waals surface area contributed by atoms with Gasteiger partial charge in [0.05, 0.1) is 29.6 Å². The van der Waals surface area contributed by atoms with Crippen LogP contribution < -0.4 is 15.7 Å². The van der Waals surface area contributed by atoms with E-state index in [1.807, 2.05) is 0 Å². The lowest BCUT2D eigenvalue weighted by atomic mass is 10.2. The summed E-state index contributed by atoms with van der Waals surface area (Å²) in [5, 5.41) is 7.09. The van der Waals surface area contributed by atoms with Crippen molar-refractivity contribution in [1.82, 2.24) is 20.2 Å². The fourth-order valence-electron chi connectivity index (χ4n) is 2.64. The van der Waals surface area contributed by atoms with Crippen molar-refractivity contribution in [3.63, 3.8) is 0 Å². The maximum Gasteiger partial charge on any atom is 0.280 e. The standard InChI is InChI=1S/C19H19N5O3/c1-12(21-22-18(25)14-5-4-10-20-11-14)17-13(2)23-24(19(17)26)15-6-8-16(27-3)9-7-15/h4-11,23H,1-3H3,(H,22,25)/b21-12-. The van der Waals surface area contributed by atoms with Gasteiger partial charge in [0.15, 0.2) is 0 Å². The van der Waals surface area contributed by atoms with Gasteiger partial charge in [0, 0.05) is 18.1 Å². The molecule has 0 aliphatic heterocycles. The summed E-state index contributed by atoms with van der Waals surface area (Å²) in [4.78, 5) is 28.8. The number of hydrogen-bond donors (Lipinski definition) is 2. The molecule has 0 radical (unpaired) electrons. The monoisotopic (exact) mass is 365 g/mol. The molecule has 138 valence electrons. The maximum atomic E-state index is 12.8. The van der Waals surface area contributed by atoms with Gasteiger partial charge in [0.2, 0.25) is 0 Å². The van der Waals surface area contributed by atoms with Gasteiger partial charge in [-0.1, -0.05) is 0 Å². The van der Waals surface area contributed by atoms with Crippen LogP contribution in [0.4, 0.5) is 0 Å². The zero-order valence-electron chi connectivity index (χ0n) is 15.2. The van der Waals surface area contributed by atoms with Crippen molar-refractivity contribution in [2.45, 2.75) is 13.8 Å². The number of hydrazone groups is 1. The van der Waals surface area contributed by atoms with Gasteiger partial charge in [-0.3, -0.25) is 19.7 Å². The molecule has 1 aromatic carbocycles. The number of rotatable bonds is 5. The van der Waals surface area contributed by atoms with Gasteiger partial charge < -0.3 is 4.74 Å². The van der Waals surface area contributed by atoms with Crippen LogP contribution in [0.15, 0.2) is 58.7 Å². The van der Waals surface area contributed by atoms with Gasteiger partial charge in [0.1, 0.15) is 5.75 Å². The Morgan fingerprint density at radius 3 is 2.63 bits per heavy atom. The summed E-state index contributed by atoms with van der Waals surface area (Å²) in [6.07, 6.45) is 3.02. The third-order valence-corrected chi connectivity index (χ3v) is 4.01. The number of nitrogens with one attached hydrogen (secondary N) is 2. The quantitative estimate of drug-likeness (QED) is 0.533. The summed E-state index contributed by atoms with van der Waals surface area (Å²) in [5.41, 5.74) is 4.69. The van der Waals surface area contributed by atoms with Crippen LogP contribution in [-0.4, -0.2) is 33.5 Å². The minimum Gasteiger partial charge on any atom is -0.497 e. The lowest BCUT2D eigenvalue weighted by molar-refractivity contribution is 0.0954. The number of aromatic amines is 1. The summed E-state index contributed by atoms with van der Waals surface area (Å²) in [6, 6.07) is 10.4. The number of H-pyrrole nitrogens is 1. The van der Waals surface area contributed by atoms with Crippen LogP contribution >= 0.6 is 0 Å². The molecule has 0 aliphatic carbocycles. The first-order valence-corrected chi connectivity index (χ1v) is 8.22. The second-order valence-corrected chi connectivity index (χ2v) is 5.83. The van der Waals surface area contributed by atoms with E-state index in [4.69, 9.17) is 4.74 Å². The first kappa shape index (κ1) is 18.1. The maximum absolute atomic E-state index is 12.8.